The second kappa shape index (κ2) is 10.4. The van der Waals surface area contributed by atoms with Crippen molar-refractivity contribution in [2.45, 2.75) is 41.5 Å². The van der Waals surface area contributed by atoms with Gasteiger partial charge in [0.15, 0.2) is 0 Å². The molecule has 0 nitrogen and oxygen atoms in total. The lowest BCUT2D eigenvalue weighted by Gasteiger charge is -1.93. The van der Waals surface area contributed by atoms with E-state index in [1.807, 2.05) is 0 Å². The van der Waals surface area contributed by atoms with E-state index in [0.717, 1.165) is 0 Å². The van der Waals surface area contributed by atoms with Crippen molar-refractivity contribution in [1.29, 1.82) is 0 Å². The van der Waals surface area contributed by atoms with Gasteiger partial charge in [-0.1, -0.05) is 72.8 Å². The van der Waals surface area contributed by atoms with Gasteiger partial charge < -0.3 is 0 Å². The molecule has 0 radical (unpaired) electrons. The highest BCUT2D eigenvalue weighted by Gasteiger charge is 1.85. The Morgan fingerprint density at radius 3 is 0.500 bits per heavy atom. The summed E-state index contributed by atoms with van der Waals surface area (Å²) in [5.41, 5.74) is 8.21. The minimum Gasteiger partial charge on any atom is -0.0620 e. The molecule has 0 aliphatic heterocycles. The topological polar surface area (TPSA) is 0 Å². The van der Waals surface area contributed by atoms with E-state index >= 15 is 0 Å². The van der Waals surface area contributed by atoms with Crippen molar-refractivity contribution in [1.82, 2.24) is 0 Å². The minimum absolute atomic E-state index is 1.37. The maximum Gasteiger partial charge on any atom is -0.0395 e. The first-order chi connectivity index (χ1) is 11.4. The van der Waals surface area contributed by atoms with Crippen molar-refractivity contribution in [3.63, 3.8) is 0 Å². The summed E-state index contributed by atoms with van der Waals surface area (Å²) in [4.78, 5) is 0. The van der Waals surface area contributed by atoms with E-state index in [0.29, 0.717) is 0 Å². The van der Waals surface area contributed by atoms with E-state index in [9.17, 15) is 0 Å². The van der Waals surface area contributed by atoms with Gasteiger partial charge in [-0.25, -0.2) is 0 Å². The SMILES string of the molecule is Cc1ccccc1C.Cc1ccccc1C.Cc1ccccc1C. The Morgan fingerprint density at radius 1 is 0.292 bits per heavy atom. The van der Waals surface area contributed by atoms with E-state index < -0.39 is 0 Å². The Hall–Kier alpha value is -2.34. The van der Waals surface area contributed by atoms with Crippen LogP contribution in [0.25, 0.3) is 0 Å². The third-order valence-electron chi connectivity index (χ3n) is 4.28. The monoisotopic (exact) mass is 318 g/mol. The quantitative estimate of drug-likeness (QED) is 0.422. The van der Waals surface area contributed by atoms with Gasteiger partial charge in [0.25, 0.3) is 0 Å². The fourth-order valence-corrected chi connectivity index (χ4v) is 1.99. The van der Waals surface area contributed by atoms with Gasteiger partial charge in [0.2, 0.25) is 0 Å². The van der Waals surface area contributed by atoms with Crippen LogP contribution in [0, 0.1) is 41.5 Å². The molecule has 0 saturated carbocycles. The summed E-state index contributed by atoms with van der Waals surface area (Å²) in [6, 6.07) is 25.1. The molecule has 3 aromatic carbocycles. The summed E-state index contributed by atoms with van der Waals surface area (Å²) >= 11 is 0. The molecule has 0 spiro atoms. The van der Waals surface area contributed by atoms with E-state index in [2.05, 4.69) is 114 Å². The molecule has 0 aliphatic rings. The zero-order chi connectivity index (χ0) is 17.9. The number of hydrogen-bond donors (Lipinski definition) is 0. The van der Waals surface area contributed by atoms with Gasteiger partial charge in [0.1, 0.15) is 0 Å². The zero-order valence-electron chi connectivity index (χ0n) is 15.9. The Kier molecular flexibility index (Phi) is 8.57. The van der Waals surface area contributed by atoms with Crippen LogP contribution >= 0.6 is 0 Å². The molecule has 0 aliphatic carbocycles. The first-order valence-electron chi connectivity index (χ1n) is 8.48. The second-order valence-electron chi connectivity index (χ2n) is 6.25. The molecule has 0 N–H and O–H groups in total. The minimum atomic E-state index is 1.37. The Bertz CT molecular complexity index is 572. The van der Waals surface area contributed by atoms with Gasteiger partial charge in [0.05, 0.1) is 0 Å². The number of benzene rings is 3. The lowest BCUT2D eigenvalue weighted by Crippen LogP contribution is -1.74. The maximum absolute atomic E-state index is 2.12. The van der Waals surface area contributed by atoms with Gasteiger partial charge in [0, 0.05) is 0 Å². The normalized spacial score (nSPS) is 9.25. The van der Waals surface area contributed by atoms with Crippen LogP contribution in [0.5, 0.6) is 0 Å². The molecule has 3 aromatic rings. The highest BCUT2D eigenvalue weighted by molar-refractivity contribution is 5.24. The summed E-state index contributed by atoms with van der Waals surface area (Å²) in [5, 5.41) is 0. The van der Waals surface area contributed by atoms with Crippen LogP contribution in [0.15, 0.2) is 72.8 Å². The van der Waals surface area contributed by atoms with Gasteiger partial charge in [-0.2, -0.15) is 0 Å². The fourth-order valence-electron chi connectivity index (χ4n) is 1.99. The van der Waals surface area contributed by atoms with Crippen molar-refractivity contribution in [3.05, 3.63) is 106 Å². The molecule has 0 saturated heterocycles. The number of aryl methyl sites for hydroxylation is 6. The van der Waals surface area contributed by atoms with Crippen LogP contribution in [0.1, 0.15) is 33.4 Å². The smallest absolute Gasteiger partial charge is 0.0395 e. The molecule has 0 heterocycles. The summed E-state index contributed by atoms with van der Waals surface area (Å²) < 4.78 is 0. The Morgan fingerprint density at radius 2 is 0.417 bits per heavy atom. The molecule has 24 heavy (non-hydrogen) atoms. The predicted molar refractivity (Wildman–Crippen MR) is 108 cm³/mol. The van der Waals surface area contributed by atoms with E-state index in [1.54, 1.807) is 0 Å². The predicted octanol–water partition coefficient (Wildman–Crippen LogP) is 6.91. The highest BCUT2D eigenvalue weighted by atomic mass is 13.9. The van der Waals surface area contributed by atoms with Gasteiger partial charge in [-0.05, 0) is 74.9 Å². The molecule has 0 unspecified atom stereocenters. The number of rotatable bonds is 0. The average molecular weight is 319 g/mol. The summed E-state index contributed by atoms with van der Waals surface area (Å²) in [6.45, 7) is 12.7. The van der Waals surface area contributed by atoms with Crippen LogP contribution in [-0.4, -0.2) is 0 Å². The maximum atomic E-state index is 2.12. The largest absolute Gasteiger partial charge is 0.0620 e. The van der Waals surface area contributed by atoms with Crippen molar-refractivity contribution in [3.8, 4) is 0 Å². The molecular formula is C24H30. The van der Waals surface area contributed by atoms with E-state index in [1.165, 1.54) is 33.4 Å². The third kappa shape index (κ3) is 7.28. The van der Waals surface area contributed by atoms with Crippen LogP contribution in [-0.2, 0) is 0 Å². The first-order valence-corrected chi connectivity index (χ1v) is 8.48. The van der Waals surface area contributed by atoms with E-state index in [-0.39, 0.29) is 0 Å². The first kappa shape index (κ1) is 19.7. The molecule has 0 heteroatoms. The average Bonchev–Trinajstić information content (AvgIpc) is 2.57. The van der Waals surface area contributed by atoms with Gasteiger partial charge in [-0.3, -0.25) is 0 Å². The van der Waals surface area contributed by atoms with Crippen LogP contribution in [0.2, 0.25) is 0 Å². The van der Waals surface area contributed by atoms with Crippen molar-refractivity contribution in [2.75, 3.05) is 0 Å². The summed E-state index contributed by atoms with van der Waals surface area (Å²) in [6.07, 6.45) is 0. The Balaban J connectivity index is 0.000000180. The Labute approximate surface area is 148 Å². The fraction of sp³-hybridized carbons (Fsp3) is 0.250. The third-order valence-corrected chi connectivity index (χ3v) is 4.28. The van der Waals surface area contributed by atoms with Crippen LogP contribution in [0.3, 0.4) is 0 Å². The van der Waals surface area contributed by atoms with Gasteiger partial charge >= 0.3 is 0 Å². The lowest BCUT2D eigenvalue weighted by atomic mass is 10.1. The van der Waals surface area contributed by atoms with Crippen LogP contribution in [0.4, 0.5) is 0 Å². The standard InChI is InChI=1S/3C8H10/c3*1-7-5-3-4-6-8(7)2/h3*3-6H,1-2H3. The molecule has 126 valence electrons. The molecule has 0 bridgehead atoms. The second-order valence-corrected chi connectivity index (χ2v) is 6.25. The zero-order valence-corrected chi connectivity index (χ0v) is 15.9. The van der Waals surface area contributed by atoms with Crippen molar-refractivity contribution >= 4 is 0 Å². The van der Waals surface area contributed by atoms with Crippen molar-refractivity contribution in [2.24, 2.45) is 0 Å². The summed E-state index contributed by atoms with van der Waals surface area (Å²) in [5.74, 6) is 0. The molecule has 3 rings (SSSR count). The molecule has 0 fully saturated rings. The van der Waals surface area contributed by atoms with Gasteiger partial charge in [-0.15, -0.1) is 0 Å². The molecular weight excluding hydrogens is 288 g/mol. The molecule has 0 amide bonds. The highest BCUT2D eigenvalue weighted by Crippen LogP contribution is 2.04. The van der Waals surface area contributed by atoms with Crippen LogP contribution < -0.4 is 0 Å². The molecule has 0 atom stereocenters. The van der Waals surface area contributed by atoms with E-state index in [4.69, 9.17) is 0 Å². The molecule has 0 aromatic heterocycles. The number of hydrogen-bond acceptors (Lipinski definition) is 0. The lowest BCUT2D eigenvalue weighted by molar-refractivity contribution is 1.34. The summed E-state index contributed by atoms with van der Waals surface area (Å²) in [7, 11) is 0. The van der Waals surface area contributed by atoms with Crippen molar-refractivity contribution < 1.29 is 0 Å².